The van der Waals surface area contributed by atoms with Gasteiger partial charge in [-0.25, -0.2) is 4.39 Å². The maximum Gasteiger partial charge on any atom is 0.239 e. The number of methoxy groups -OCH3 is 1. The quantitative estimate of drug-likeness (QED) is 0.719. The first-order valence-electron chi connectivity index (χ1n) is 7.87. The number of fused-ring (bicyclic) bond motifs is 1. The lowest BCUT2D eigenvalue weighted by Crippen LogP contribution is -2.35. The molecular formula is C19H19FN2O3. The SMILES string of the molecule is COc1cccc2cc(C(C)NC(C(N)=O)c3ccc(F)cc3)oc12. The number of amides is 1. The van der Waals surface area contributed by atoms with E-state index in [-0.39, 0.29) is 11.9 Å². The Morgan fingerprint density at radius 3 is 2.60 bits per heavy atom. The average Bonchev–Trinajstić information content (AvgIpc) is 3.04. The number of benzene rings is 2. The van der Waals surface area contributed by atoms with E-state index in [9.17, 15) is 9.18 Å². The molecule has 3 rings (SSSR count). The fourth-order valence-corrected chi connectivity index (χ4v) is 2.76. The molecule has 2 aromatic carbocycles. The molecule has 0 spiro atoms. The summed E-state index contributed by atoms with van der Waals surface area (Å²) < 4.78 is 24.3. The van der Waals surface area contributed by atoms with Gasteiger partial charge in [0.15, 0.2) is 11.3 Å². The maximum atomic E-state index is 13.1. The highest BCUT2D eigenvalue weighted by molar-refractivity contribution is 5.84. The molecule has 3 N–H and O–H groups in total. The molecular weight excluding hydrogens is 323 g/mol. The molecule has 2 unspecified atom stereocenters. The van der Waals surface area contributed by atoms with Crippen LogP contribution in [0.1, 0.15) is 30.3 Å². The zero-order valence-electron chi connectivity index (χ0n) is 14.0. The van der Waals surface area contributed by atoms with Crippen molar-refractivity contribution in [1.82, 2.24) is 5.32 Å². The van der Waals surface area contributed by atoms with E-state index in [4.69, 9.17) is 14.9 Å². The highest BCUT2D eigenvalue weighted by Gasteiger charge is 2.23. The van der Waals surface area contributed by atoms with Gasteiger partial charge in [0.2, 0.25) is 5.91 Å². The molecule has 0 saturated heterocycles. The van der Waals surface area contributed by atoms with Gasteiger partial charge < -0.3 is 14.9 Å². The molecule has 3 aromatic rings. The average molecular weight is 342 g/mol. The van der Waals surface area contributed by atoms with Crippen LogP contribution in [0.15, 0.2) is 52.9 Å². The molecule has 0 aliphatic rings. The number of furan rings is 1. The molecule has 130 valence electrons. The van der Waals surface area contributed by atoms with E-state index in [2.05, 4.69) is 5.32 Å². The summed E-state index contributed by atoms with van der Waals surface area (Å²) >= 11 is 0. The van der Waals surface area contributed by atoms with Gasteiger partial charge >= 0.3 is 0 Å². The number of carbonyl (C=O) groups is 1. The smallest absolute Gasteiger partial charge is 0.239 e. The van der Waals surface area contributed by atoms with E-state index in [1.807, 2.05) is 31.2 Å². The molecule has 1 aromatic heterocycles. The standard InChI is InChI=1S/C19H19FN2O3/c1-11(16-10-13-4-3-5-15(24-2)18(13)25-16)22-17(19(21)23)12-6-8-14(20)9-7-12/h3-11,17,22H,1-2H3,(H2,21,23). The summed E-state index contributed by atoms with van der Waals surface area (Å²) in [5.74, 6) is 0.366. The fraction of sp³-hybridized carbons (Fsp3) is 0.211. The summed E-state index contributed by atoms with van der Waals surface area (Å²) in [7, 11) is 1.58. The Kier molecular flexibility index (Phi) is 4.72. The molecule has 0 fully saturated rings. The topological polar surface area (TPSA) is 77.5 Å². The van der Waals surface area contributed by atoms with Gasteiger partial charge in [0.25, 0.3) is 0 Å². The number of nitrogens with one attached hydrogen (secondary N) is 1. The van der Waals surface area contributed by atoms with Crippen LogP contribution in [-0.2, 0) is 4.79 Å². The van der Waals surface area contributed by atoms with Crippen LogP contribution in [0.2, 0.25) is 0 Å². The van der Waals surface area contributed by atoms with E-state index in [1.54, 1.807) is 7.11 Å². The Labute approximate surface area is 144 Å². The number of rotatable bonds is 6. The van der Waals surface area contributed by atoms with Crippen LogP contribution in [0.3, 0.4) is 0 Å². The molecule has 0 aliphatic heterocycles. The van der Waals surface area contributed by atoms with Crippen molar-refractivity contribution in [1.29, 1.82) is 0 Å². The van der Waals surface area contributed by atoms with Crippen molar-refractivity contribution < 1.29 is 18.3 Å². The Bertz CT molecular complexity index is 889. The summed E-state index contributed by atoms with van der Waals surface area (Å²) in [6.45, 7) is 1.86. The third kappa shape index (κ3) is 3.49. The summed E-state index contributed by atoms with van der Waals surface area (Å²) in [4.78, 5) is 11.8. The molecule has 0 bridgehead atoms. The van der Waals surface area contributed by atoms with E-state index in [0.717, 1.165) is 5.39 Å². The van der Waals surface area contributed by atoms with Gasteiger partial charge in [0.05, 0.1) is 13.2 Å². The minimum atomic E-state index is -0.759. The molecule has 0 radical (unpaired) electrons. The van der Waals surface area contributed by atoms with E-state index in [1.165, 1.54) is 24.3 Å². The Morgan fingerprint density at radius 1 is 1.24 bits per heavy atom. The van der Waals surface area contributed by atoms with Gasteiger partial charge in [-0.3, -0.25) is 10.1 Å². The predicted molar refractivity (Wildman–Crippen MR) is 92.7 cm³/mol. The zero-order valence-corrected chi connectivity index (χ0v) is 14.0. The molecule has 0 saturated carbocycles. The second-order valence-corrected chi connectivity index (χ2v) is 5.80. The molecule has 25 heavy (non-hydrogen) atoms. The van der Waals surface area contributed by atoms with Crippen LogP contribution in [0, 0.1) is 5.82 Å². The van der Waals surface area contributed by atoms with Crippen molar-refractivity contribution in [3.05, 3.63) is 65.7 Å². The number of carbonyl (C=O) groups excluding carboxylic acids is 1. The number of nitrogens with two attached hydrogens (primary N) is 1. The first kappa shape index (κ1) is 17.0. The number of primary amides is 1. The molecule has 5 nitrogen and oxygen atoms in total. The summed E-state index contributed by atoms with van der Waals surface area (Å²) in [6.07, 6.45) is 0. The predicted octanol–water partition coefficient (Wildman–Crippen LogP) is 3.46. The second-order valence-electron chi connectivity index (χ2n) is 5.80. The van der Waals surface area contributed by atoms with Crippen molar-refractivity contribution in [2.24, 2.45) is 5.73 Å². The molecule has 1 heterocycles. The minimum absolute atomic E-state index is 0.292. The molecule has 0 aliphatic carbocycles. The van der Waals surface area contributed by atoms with E-state index < -0.39 is 11.9 Å². The van der Waals surface area contributed by atoms with E-state index >= 15 is 0 Å². The van der Waals surface area contributed by atoms with Crippen LogP contribution in [0.4, 0.5) is 4.39 Å². The minimum Gasteiger partial charge on any atom is -0.493 e. The molecule has 6 heteroatoms. The van der Waals surface area contributed by atoms with Crippen LogP contribution in [0.5, 0.6) is 5.75 Å². The van der Waals surface area contributed by atoms with Crippen LogP contribution in [0.25, 0.3) is 11.0 Å². The number of halogens is 1. The van der Waals surface area contributed by atoms with Crippen molar-refractivity contribution in [3.63, 3.8) is 0 Å². The van der Waals surface area contributed by atoms with Gasteiger partial charge in [-0.2, -0.15) is 0 Å². The number of hydrogen-bond donors (Lipinski definition) is 2. The van der Waals surface area contributed by atoms with Crippen molar-refractivity contribution in [2.45, 2.75) is 19.0 Å². The third-order valence-corrected chi connectivity index (χ3v) is 4.08. The first-order chi connectivity index (χ1) is 12.0. The first-order valence-corrected chi connectivity index (χ1v) is 7.87. The zero-order chi connectivity index (χ0) is 18.0. The van der Waals surface area contributed by atoms with Gasteiger partial charge in [0, 0.05) is 5.39 Å². The molecule has 2 atom stereocenters. The lowest BCUT2D eigenvalue weighted by Gasteiger charge is -2.20. The summed E-state index contributed by atoms with van der Waals surface area (Å²) in [5, 5.41) is 4.04. The number of para-hydroxylation sites is 1. The third-order valence-electron chi connectivity index (χ3n) is 4.08. The Balaban J connectivity index is 1.87. The lowest BCUT2D eigenvalue weighted by molar-refractivity contribution is -0.120. The van der Waals surface area contributed by atoms with Gasteiger partial charge in [-0.05, 0) is 36.8 Å². The number of hydrogen-bond acceptors (Lipinski definition) is 4. The van der Waals surface area contributed by atoms with Gasteiger partial charge in [0.1, 0.15) is 17.6 Å². The second kappa shape index (κ2) is 6.94. The Hall–Kier alpha value is -2.86. The Morgan fingerprint density at radius 2 is 1.96 bits per heavy atom. The highest BCUT2D eigenvalue weighted by Crippen LogP contribution is 2.31. The van der Waals surface area contributed by atoms with Crippen molar-refractivity contribution in [2.75, 3.05) is 7.11 Å². The van der Waals surface area contributed by atoms with Crippen LogP contribution < -0.4 is 15.8 Å². The van der Waals surface area contributed by atoms with Gasteiger partial charge in [-0.15, -0.1) is 0 Å². The van der Waals surface area contributed by atoms with E-state index in [0.29, 0.717) is 22.7 Å². The summed E-state index contributed by atoms with van der Waals surface area (Å²) in [5.41, 5.74) is 6.74. The number of ether oxygens (including phenoxy) is 1. The fourth-order valence-electron chi connectivity index (χ4n) is 2.76. The monoisotopic (exact) mass is 342 g/mol. The molecule has 1 amide bonds. The normalized spacial score (nSPS) is 13.6. The lowest BCUT2D eigenvalue weighted by atomic mass is 10.0. The van der Waals surface area contributed by atoms with Crippen LogP contribution in [-0.4, -0.2) is 13.0 Å². The largest absolute Gasteiger partial charge is 0.493 e. The van der Waals surface area contributed by atoms with Gasteiger partial charge in [-0.1, -0.05) is 24.3 Å². The van der Waals surface area contributed by atoms with Crippen molar-refractivity contribution >= 4 is 16.9 Å². The van der Waals surface area contributed by atoms with Crippen LogP contribution >= 0.6 is 0 Å². The maximum absolute atomic E-state index is 13.1. The van der Waals surface area contributed by atoms with Crippen molar-refractivity contribution in [3.8, 4) is 5.75 Å². The highest BCUT2D eigenvalue weighted by atomic mass is 19.1. The summed E-state index contributed by atoms with van der Waals surface area (Å²) in [6, 6.07) is 12.1.